The van der Waals surface area contributed by atoms with Gasteiger partial charge in [-0.2, -0.15) is 0 Å². The zero-order valence-corrected chi connectivity index (χ0v) is 48.4. The highest BCUT2D eigenvalue weighted by Crippen LogP contribution is 2.15. The van der Waals surface area contributed by atoms with Gasteiger partial charge < -0.3 is 33.3 Å². The molecule has 0 amide bonds. The highest BCUT2D eigenvalue weighted by atomic mass is 16.7. The Morgan fingerprint density at radius 1 is 0.400 bits per heavy atom. The molecule has 0 aromatic rings. The molecule has 426 valence electrons. The van der Waals surface area contributed by atoms with Crippen molar-refractivity contribution in [1.82, 2.24) is 0 Å². The van der Waals surface area contributed by atoms with Crippen molar-refractivity contribution in [3.63, 3.8) is 0 Å². The molecule has 0 aliphatic carbocycles. The molecular formula is C66H109NO8. The molecule has 0 heterocycles. The maximum atomic E-state index is 12.9. The summed E-state index contributed by atoms with van der Waals surface area (Å²) in [7, 11) is 5.91. The fraction of sp³-hybridized carbons (Fsp3) is 0.652. The van der Waals surface area contributed by atoms with Gasteiger partial charge in [0.05, 0.1) is 40.3 Å². The lowest BCUT2D eigenvalue weighted by atomic mass is 10.0. The van der Waals surface area contributed by atoms with Gasteiger partial charge in [0.1, 0.15) is 13.2 Å². The number of rotatable bonds is 53. The summed E-state index contributed by atoms with van der Waals surface area (Å²) in [5.41, 5.74) is 0. The third-order valence-electron chi connectivity index (χ3n) is 12.2. The summed E-state index contributed by atoms with van der Waals surface area (Å²) in [4.78, 5) is 37.3. The topological polar surface area (TPSA) is 111 Å². The summed E-state index contributed by atoms with van der Waals surface area (Å²) in [6.45, 7) is 4.49. The van der Waals surface area contributed by atoms with E-state index in [1.807, 2.05) is 21.1 Å². The number of aliphatic carboxylic acids is 1. The number of carboxylic acids is 1. The third-order valence-corrected chi connectivity index (χ3v) is 12.2. The number of nitrogens with zero attached hydrogens (tertiary/aromatic N) is 1. The van der Waals surface area contributed by atoms with Crippen LogP contribution in [0.2, 0.25) is 0 Å². The number of carboxylic acid groups (broad SMARTS) is 1. The molecule has 2 unspecified atom stereocenters. The fourth-order valence-corrected chi connectivity index (χ4v) is 7.71. The predicted octanol–water partition coefficient (Wildman–Crippen LogP) is 16.3. The van der Waals surface area contributed by atoms with Crippen molar-refractivity contribution in [3.8, 4) is 0 Å². The van der Waals surface area contributed by atoms with Crippen LogP contribution in [0, 0.1) is 0 Å². The van der Waals surface area contributed by atoms with Gasteiger partial charge in [0, 0.05) is 12.8 Å². The number of ether oxygens (including phenoxy) is 4. The van der Waals surface area contributed by atoms with Crippen LogP contribution in [0.1, 0.15) is 219 Å². The summed E-state index contributed by atoms with van der Waals surface area (Å²) < 4.78 is 22.7. The number of hydrogen-bond acceptors (Lipinski definition) is 8. The van der Waals surface area contributed by atoms with Gasteiger partial charge in [0.15, 0.2) is 12.4 Å². The van der Waals surface area contributed by atoms with Gasteiger partial charge in [-0.15, -0.1) is 0 Å². The fourth-order valence-electron chi connectivity index (χ4n) is 7.71. The standard InChI is InChI=1S/C66H109NO8/c1-6-8-10-12-14-16-18-20-22-24-26-28-30-31-32-33-35-37-39-41-43-45-47-49-51-53-55-57-64(69)75-62(61-74-66(65(70)71)72-59-58-67(3,4)5)60-73-63(68)56-54-52-50-48-46-44-42-40-38-36-34-29-27-25-23-21-19-17-15-13-11-9-7-2/h8-11,14-17,20-23,26-29,31-32,36,38,62,66H,6-7,12-13,18-19,24-25,30,33-35,37,39-61H2,1-5H3/b10-8-,11-9-,16-14-,17-15-,22-20-,23-21-,28-26-,29-27-,32-31-,38-36-. The van der Waals surface area contributed by atoms with Crippen molar-refractivity contribution < 1.29 is 42.9 Å². The van der Waals surface area contributed by atoms with E-state index in [1.54, 1.807) is 0 Å². The third kappa shape index (κ3) is 57.2. The van der Waals surface area contributed by atoms with Crippen LogP contribution in [-0.4, -0.2) is 82.3 Å². The average molecular weight is 1040 g/mol. The Hall–Kier alpha value is -4.31. The number of likely N-dealkylation sites (N-methyl/N-ethyl adjacent to an activating group) is 1. The number of quaternary nitrogens is 1. The molecule has 2 atom stereocenters. The highest BCUT2D eigenvalue weighted by Gasteiger charge is 2.22. The average Bonchev–Trinajstić information content (AvgIpc) is 3.38. The molecule has 0 bridgehead atoms. The number of allylic oxidation sites excluding steroid dienone is 20. The smallest absolute Gasteiger partial charge is 0.306 e. The van der Waals surface area contributed by atoms with Crippen molar-refractivity contribution in [2.75, 3.05) is 47.5 Å². The lowest BCUT2D eigenvalue weighted by molar-refractivity contribution is -0.870. The minimum absolute atomic E-state index is 0.139. The maximum absolute atomic E-state index is 12.9. The Morgan fingerprint density at radius 3 is 1.07 bits per heavy atom. The second-order valence-corrected chi connectivity index (χ2v) is 20.5. The molecule has 0 aliphatic rings. The van der Waals surface area contributed by atoms with Crippen LogP contribution in [0.4, 0.5) is 0 Å². The molecule has 0 aliphatic heterocycles. The van der Waals surface area contributed by atoms with Crippen molar-refractivity contribution >= 4 is 17.9 Å². The van der Waals surface area contributed by atoms with Crippen LogP contribution in [0.3, 0.4) is 0 Å². The second-order valence-electron chi connectivity index (χ2n) is 20.5. The lowest BCUT2D eigenvalue weighted by Gasteiger charge is -2.26. The minimum Gasteiger partial charge on any atom is -0.545 e. The van der Waals surface area contributed by atoms with Crippen LogP contribution >= 0.6 is 0 Å². The lowest BCUT2D eigenvalue weighted by Crippen LogP contribution is -2.44. The molecule has 0 rings (SSSR count). The van der Waals surface area contributed by atoms with E-state index in [4.69, 9.17) is 18.9 Å². The monoisotopic (exact) mass is 1040 g/mol. The summed E-state index contributed by atoms with van der Waals surface area (Å²) in [6.07, 6.45) is 75.2. The zero-order chi connectivity index (χ0) is 54.8. The Labute approximate surface area is 459 Å². The van der Waals surface area contributed by atoms with E-state index in [2.05, 4.69) is 135 Å². The minimum atomic E-state index is -1.63. The molecule has 0 fully saturated rings. The van der Waals surface area contributed by atoms with E-state index in [0.717, 1.165) is 122 Å². The zero-order valence-electron chi connectivity index (χ0n) is 48.4. The summed E-state index contributed by atoms with van der Waals surface area (Å²) in [5, 5.41) is 11.8. The Kier molecular flexibility index (Phi) is 52.7. The van der Waals surface area contributed by atoms with Gasteiger partial charge in [-0.05, 0) is 103 Å². The molecule has 9 heteroatoms. The molecular weight excluding hydrogens is 935 g/mol. The Bertz CT molecular complexity index is 1640. The number of esters is 2. The van der Waals surface area contributed by atoms with E-state index in [9.17, 15) is 19.5 Å². The van der Waals surface area contributed by atoms with Crippen LogP contribution in [-0.2, 0) is 33.3 Å². The van der Waals surface area contributed by atoms with Gasteiger partial charge in [-0.1, -0.05) is 225 Å². The molecule has 0 radical (unpaired) electrons. The molecule has 75 heavy (non-hydrogen) atoms. The summed E-state index contributed by atoms with van der Waals surface area (Å²) >= 11 is 0. The van der Waals surface area contributed by atoms with E-state index >= 15 is 0 Å². The van der Waals surface area contributed by atoms with Gasteiger partial charge in [0.25, 0.3) is 0 Å². The predicted molar refractivity (Wildman–Crippen MR) is 315 cm³/mol. The molecule has 0 saturated carbocycles. The van der Waals surface area contributed by atoms with Gasteiger partial charge >= 0.3 is 11.9 Å². The van der Waals surface area contributed by atoms with Crippen molar-refractivity contribution in [3.05, 3.63) is 122 Å². The number of hydrogen-bond donors (Lipinski definition) is 0. The summed E-state index contributed by atoms with van der Waals surface area (Å²) in [6, 6.07) is 0. The highest BCUT2D eigenvalue weighted by molar-refractivity contribution is 5.70. The first-order valence-corrected chi connectivity index (χ1v) is 29.7. The first kappa shape index (κ1) is 70.7. The van der Waals surface area contributed by atoms with Crippen LogP contribution in [0.25, 0.3) is 0 Å². The van der Waals surface area contributed by atoms with Gasteiger partial charge in [-0.3, -0.25) is 9.59 Å². The first-order valence-electron chi connectivity index (χ1n) is 29.7. The number of carbonyl (C=O) groups is 3. The van der Waals surface area contributed by atoms with Gasteiger partial charge in [0.2, 0.25) is 0 Å². The Balaban J connectivity index is 4.29. The molecule has 0 saturated heterocycles. The molecule has 0 aromatic carbocycles. The van der Waals surface area contributed by atoms with E-state index < -0.39 is 24.3 Å². The van der Waals surface area contributed by atoms with E-state index in [0.29, 0.717) is 17.4 Å². The number of carbonyl (C=O) groups excluding carboxylic acids is 3. The quantitative estimate of drug-likeness (QED) is 0.0195. The summed E-state index contributed by atoms with van der Waals surface area (Å²) in [5.74, 6) is -2.31. The van der Waals surface area contributed by atoms with Gasteiger partial charge in [-0.25, -0.2) is 0 Å². The van der Waals surface area contributed by atoms with Crippen molar-refractivity contribution in [1.29, 1.82) is 0 Å². The van der Waals surface area contributed by atoms with Crippen molar-refractivity contribution in [2.24, 2.45) is 0 Å². The molecule has 9 nitrogen and oxygen atoms in total. The molecule has 0 N–H and O–H groups in total. The van der Waals surface area contributed by atoms with Crippen molar-refractivity contribution in [2.45, 2.75) is 232 Å². The molecule has 0 spiro atoms. The largest absolute Gasteiger partial charge is 0.545 e. The maximum Gasteiger partial charge on any atom is 0.306 e. The van der Waals surface area contributed by atoms with Crippen LogP contribution < -0.4 is 5.11 Å². The Morgan fingerprint density at radius 2 is 0.720 bits per heavy atom. The van der Waals surface area contributed by atoms with E-state index in [-0.39, 0.29) is 38.6 Å². The molecule has 0 aromatic heterocycles. The second kappa shape index (κ2) is 55.9. The normalized spacial score (nSPS) is 13.7. The number of unbranched alkanes of at least 4 members (excludes halogenated alkanes) is 18. The first-order chi connectivity index (χ1) is 36.6. The van der Waals surface area contributed by atoms with E-state index in [1.165, 1.54) is 64.2 Å². The van der Waals surface area contributed by atoms with Crippen LogP contribution in [0.5, 0.6) is 0 Å². The SMILES string of the molecule is CC/C=C\C/C=C\C/C=C\C/C=C\C/C=C\CCCCCCCCCCCCCC(=O)OC(COC(=O)CCCCCCCCC/C=C\C/C=C\C/C=C\C/C=C\C/C=C\CC)COC(OCC[N+](C)(C)C)C(=O)[O-]. The van der Waals surface area contributed by atoms with Crippen LogP contribution in [0.15, 0.2) is 122 Å².